The van der Waals surface area contributed by atoms with E-state index in [0.717, 1.165) is 5.56 Å². The molecule has 4 nitrogen and oxygen atoms in total. The van der Waals surface area contributed by atoms with Crippen LogP contribution in [0.4, 0.5) is 26.3 Å². The van der Waals surface area contributed by atoms with Crippen molar-refractivity contribution in [2.75, 3.05) is 0 Å². The summed E-state index contributed by atoms with van der Waals surface area (Å²) in [6.07, 6.45) is -9.13. The van der Waals surface area contributed by atoms with Crippen molar-refractivity contribution >= 4 is 5.97 Å². The van der Waals surface area contributed by atoms with Gasteiger partial charge in [0.15, 0.2) is 0 Å². The minimum atomic E-state index is -4.94. The molecule has 2 aliphatic rings. The SMILES string of the molecule is CC(C)(C)OC(=O)[C@@H]1C[C@]2(c3ccccc3)N[C@H]1CC[C@H]2OCc1cc(C(F)(F)F)cc(C(F)(F)F)c1. The van der Waals surface area contributed by atoms with Gasteiger partial charge >= 0.3 is 18.3 Å². The summed E-state index contributed by atoms with van der Waals surface area (Å²) in [5.74, 6) is -0.824. The maximum Gasteiger partial charge on any atom is 0.416 e. The molecule has 2 aliphatic heterocycles. The van der Waals surface area contributed by atoms with Crippen LogP contribution in [-0.4, -0.2) is 23.7 Å². The zero-order chi connectivity index (χ0) is 27.2. The molecule has 0 radical (unpaired) electrons. The normalized spacial score (nSPS) is 26.2. The third-order valence-electron chi connectivity index (χ3n) is 6.86. The lowest BCUT2D eigenvalue weighted by Crippen LogP contribution is -2.54. The van der Waals surface area contributed by atoms with E-state index in [4.69, 9.17) is 9.47 Å². The molecule has 2 fully saturated rings. The molecule has 2 saturated heterocycles. The summed E-state index contributed by atoms with van der Waals surface area (Å²) in [5, 5.41) is 3.51. The average Bonchev–Trinajstić information content (AvgIpc) is 3.11. The number of carbonyl (C=O) groups is 1. The lowest BCUT2D eigenvalue weighted by molar-refractivity contribution is -0.160. The highest BCUT2D eigenvalue weighted by Crippen LogP contribution is 2.48. The Morgan fingerprint density at radius 3 is 2.08 bits per heavy atom. The van der Waals surface area contributed by atoms with Crippen LogP contribution < -0.4 is 5.32 Å². The van der Waals surface area contributed by atoms with E-state index < -0.39 is 53.2 Å². The van der Waals surface area contributed by atoms with Gasteiger partial charge in [-0.05, 0) is 69.4 Å². The third kappa shape index (κ3) is 5.95. The monoisotopic (exact) mass is 529 g/mol. The largest absolute Gasteiger partial charge is 0.460 e. The first kappa shape index (κ1) is 27.4. The van der Waals surface area contributed by atoms with Gasteiger partial charge in [0.2, 0.25) is 0 Å². The van der Waals surface area contributed by atoms with Crippen LogP contribution in [0.5, 0.6) is 0 Å². The number of carbonyl (C=O) groups excluding carboxylic acids is 1. The van der Waals surface area contributed by atoms with Crippen molar-refractivity contribution in [3.05, 3.63) is 70.8 Å². The number of ether oxygens (including phenoxy) is 2. The van der Waals surface area contributed by atoms with Crippen molar-refractivity contribution in [1.29, 1.82) is 0 Å². The van der Waals surface area contributed by atoms with Crippen LogP contribution in [0, 0.1) is 5.92 Å². The Morgan fingerprint density at radius 1 is 0.946 bits per heavy atom. The van der Waals surface area contributed by atoms with Gasteiger partial charge in [0, 0.05) is 6.04 Å². The molecular weight excluding hydrogens is 500 g/mol. The summed E-state index contributed by atoms with van der Waals surface area (Å²) in [6.45, 7) is 4.89. The zero-order valence-corrected chi connectivity index (χ0v) is 20.7. The first-order valence-electron chi connectivity index (χ1n) is 12.0. The molecule has 2 heterocycles. The summed E-state index contributed by atoms with van der Waals surface area (Å²) in [5.41, 5.74) is -3.69. The van der Waals surface area contributed by atoms with E-state index in [1.165, 1.54) is 0 Å². The zero-order valence-electron chi connectivity index (χ0n) is 20.7. The second-order valence-corrected chi connectivity index (χ2v) is 10.7. The first-order valence-corrected chi connectivity index (χ1v) is 12.0. The molecule has 2 bridgehead atoms. The standard InChI is InChI=1S/C27H29F6NO3/c1-24(2,3)37-23(35)20-14-25(17-7-5-4-6-8-17)22(10-9-21(20)34-25)36-15-16-11-18(26(28,29)30)13-19(12-16)27(31,32)33/h4-8,11-13,20-22,34H,9-10,14-15H2,1-3H3/t20-,21+,22-,25-/m1/s1. The molecule has 1 N–H and O–H groups in total. The van der Waals surface area contributed by atoms with E-state index in [2.05, 4.69) is 5.32 Å². The fourth-order valence-electron chi connectivity index (χ4n) is 5.33. The fraction of sp³-hybridized carbons (Fsp3) is 0.519. The van der Waals surface area contributed by atoms with Gasteiger partial charge in [-0.25, -0.2) is 0 Å². The molecule has 202 valence electrons. The quantitative estimate of drug-likeness (QED) is 0.350. The Hall–Kier alpha value is -2.59. The number of nitrogens with one attached hydrogen (secondary N) is 1. The van der Waals surface area contributed by atoms with Gasteiger partial charge in [0.05, 0.1) is 35.3 Å². The van der Waals surface area contributed by atoms with Crippen LogP contribution in [0.2, 0.25) is 0 Å². The molecule has 2 aromatic carbocycles. The number of fused-ring (bicyclic) bond motifs is 2. The number of hydrogen-bond donors (Lipinski definition) is 1. The predicted molar refractivity (Wildman–Crippen MR) is 123 cm³/mol. The van der Waals surface area contributed by atoms with E-state index in [-0.39, 0.29) is 23.6 Å². The number of piperidine rings is 1. The number of esters is 1. The van der Waals surface area contributed by atoms with Crippen molar-refractivity contribution in [2.24, 2.45) is 5.92 Å². The van der Waals surface area contributed by atoms with E-state index in [1.54, 1.807) is 20.8 Å². The van der Waals surface area contributed by atoms with Crippen LogP contribution in [0.15, 0.2) is 48.5 Å². The van der Waals surface area contributed by atoms with Gasteiger partial charge in [-0.15, -0.1) is 0 Å². The number of rotatable bonds is 5. The Kier molecular flexibility index (Phi) is 7.13. The Labute approximate surface area is 211 Å². The highest BCUT2D eigenvalue weighted by Gasteiger charge is 2.57. The summed E-state index contributed by atoms with van der Waals surface area (Å²) in [7, 11) is 0. The van der Waals surface area contributed by atoms with Crippen molar-refractivity contribution in [3.8, 4) is 0 Å². The smallest absolute Gasteiger partial charge is 0.416 e. The van der Waals surface area contributed by atoms with Crippen molar-refractivity contribution in [1.82, 2.24) is 5.32 Å². The summed E-state index contributed by atoms with van der Waals surface area (Å²) in [6, 6.07) is 10.5. The second kappa shape index (κ2) is 9.62. The molecule has 0 unspecified atom stereocenters. The lowest BCUT2D eigenvalue weighted by atomic mass is 9.80. The molecule has 2 aromatic rings. The molecule has 0 aromatic heterocycles. The van der Waals surface area contributed by atoms with Gasteiger partial charge in [0.25, 0.3) is 0 Å². The van der Waals surface area contributed by atoms with Crippen molar-refractivity contribution in [3.63, 3.8) is 0 Å². The van der Waals surface area contributed by atoms with Gasteiger partial charge in [-0.1, -0.05) is 30.3 Å². The molecule has 37 heavy (non-hydrogen) atoms. The number of benzene rings is 2. The molecule has 0 amide bonds. The first-order chi connectivity index (χ1) is 17.1. The molecular formula is C27H29F6NO3. The minimum Gasteiger partial charge on any atom is -0.460 e. The van der Waals surface area contributed by atoms with Crippen LogP contribution in [0.25, 0.3) is 0 Å². The van der Waals surface area contributed by atoms with Crippen LogP contribution in [-0.2, 0) is 38.8 Å². The van der Waals surface area contributed by atoms with Gasteiger partial charge < -0.3 is 14.8 Å². The molecule has 0 saturated carbocycles. The van der Waals surface area contributed by atoms with Crippen molar-refractivity contribution in [2.45, 2.75) is 82.3 Å². The Morgan fingerprint density at radius 2 is 1.54 bits per heavy atom. The minimum absolute atomic E-state index is 0.101. The van der Waals surface area contributed by atoms with E-state index >= 15 is 0 Å². The topological polar surface area (TPSA) is 47.6 Å². The lowest BCUT2D eigenvalue weighted by Gasteiger charge is -2.42. The van der Waals surface area contributed by atoms with Gasteiger partial charge in [-0.2, -0.15) is 26.3 Å². The third-order valence-corrected chi connectivity index (χ3v) is 6.86. The van der Waals surface area contributed by atoms with Gasteiger partial charge in [0.1, 0.15) is 5.60 Å². The summed E-state index contributed by atoms with van der Waals surface area (Å²) >= 11 is 0. The van der Waals surface area contributed by atoms with Crippen molar-refractivity contribution < 1.29 is 40.6 Å². The van der Waals surface area contributed by atoms with E-state index in [1.807, 2.05) is 30.3 Å². The second-order valence-electron chi connectivity index (χ2n) is 10.7. The molecule has 4 rings (SSSR count). The molecule has 0 aliphatic carbocycles. The Balaban J connectivity index is 1.63. The average molecular weight is 530 g/mol. The van der Waals surface area contributed by atoms with E-state index in [9.17, 15) is 31.1 Å². The number of hydrogen-bond acceptors (Lipinski definition) is 4. The summed E-state index contributed by atoms with van der Waals surface area (Å²) in [4.78, 5) is 13.0. The van der Waals surface area contributed by atoms with Crippen LogP contribution in [0.3, 0.4) is 0 Å². The fourth-order valence-corrected chi connectivity index (χ4v) is 5.33. The van der Waals surface area contributed by atoms with E-state index in [0.29, 0.717) is 31.4 Å². The molecule has 10 heteroatoms. The highest BCUT2D eigenvalue weighted by atomic mass is 19.4. The van der Waals surface area contributed by atoms with Crippen LogP contribution >= 0.6 is 0 Å². The molecule has 4 atom stereocenters. The molecule has 0 spiro atoms. The predicted octanol–water partition coefficient (Wildman–Crippen LogP) is 6.62. The number of alkyl halides is 6. The van der Waals surface area contributed by atoms with Crippen LogP contribution in [0.1, 0.15) is 62.3 Å². The number of halogens is 6. The maximum atomic E-state index is 13.3. The maximum absolute atomic E-state index is 13.3. The summed E-state index contributed by atoms with van der Waals surface area (Å²) < 4.78 is 91.6. The van der Waals surface area contributed by atoms with Gasteiger partial charge in [-0.3, -0.25) is 4.79 Å². The highest BCUT2D eigenvalue weighted by molar-refractivity contribution is 5.75. The Bertz CT molecular complexity index is 1090.